The van der Waals surface area contributed by atoms with E-state index in [-0.39, 0.29) is 5.91 Å². The maximum absolute atomic E-state index is 11.3. The summed E-state index contributed by atoms with van der Waals surface area (Å²) >= 11 is 0. The van der Waals surface area contributed by atoms with Crippen molar-refractivity contribution < 1.29 is 9.53 Å². The second-order valence-corrected chi connectivity index (χ2v) is 5.84. The highest BCUT2D eigenvalue weighted by Gasteiger charge is 2.14. The minimum Gasteiger partial charge on any atom is -0.378 e. The molecule has 4 heterocycles. The molecular formula is C17H18N6O2. The van der Waals surface area contributed by atoms with E-state index in [2.05, 4.69) is 25.3 Å². The molecule has 1 saturated heterocycles. The van der Waals surface area contributed by atoms with Gasteiger partial charge in [0.05, 0.1) is 24.9 Å². The molecule has 0 bridgehead atoms. The number of carbonyl (C=O) groups is 1. The van der Waals surface area contributed by atoms with Gasteiger partial charge in [-0.05, 0) is 6.07 Å². The quantitative estimate of drug-likeness (QED) is 0.781. The minimum absolute atomic E-state index is 0.162. The molecule has 0 saturated carbocycles. The van der Waals surface area contributed by atoms with Crippen LogP contribution in [0.2, 0.25) is 0 Å². The van der Waals surface area contributed by atoms with Crippen molar-refractivity contribution in [3.8, 4) is 5.82 Å². The van der Waals surface area contributed by atoms with E-state index in [4.69, 9.17) is 4.74 Å². The normalized spacial score (nSPS) is 14.7. The van der Waals surface area contributed by atoms with Crippen LogP contribution >= 0.6 is 0 Å². The van der Waals surface area contributed by atoms with Crippen molar-refractivity contribution in [1.82, 2.24) is 19.7 Å². The molecule has 4 rings (SSSR count). The first kappa shape index (κ1) is 15.5. The number of aromatic nitrogens is 4. The Kier molecular flexibility index (Phi) is 4.02. The molecule has 8 heteroatoms. The third kappa shape index (κ3) is 3.16. The lowest BCUT2D eigenvalue weighted by molar-refractivity contribution is -0.114. The lowest BCUT2D eigenvalue weighted by atomic mass is 10.3. The molecule has 1 aliphatic rings. The molecule has 0 radical (unpaired) electrons. The van der Waals surface area contributed by atoms with Crippen LogP contribution in [-0.4, -0.2) is 52.0 Å². The van der Waals surface area contributed by atoms with Gasteiger partial charge in [-0.15, -0.1) is 0 Å². The van der Waals surface area contributed by atoms with Crippen LogP contribution in [-0.2, 0) is 9.53 Å². The molecule has 0 spiro atoms. The molecule has 0 atom stereocenters. The zero-order valence-corrected chi connectivity index (χ0v) is 13.8. The highest BCUT2D eigenvalue weighted by atomic mass is 16.5. The lowest BCUT2D eigenvalue weighted by Gasteiger charge is -2.28. The number of morpholine rings is 1. The van der Waals surface area contributed by atoms with Crippen LogP contribution in [0.4, 0.5) is 11.5 Å². The number of rotatable bonds is 3. The summed E-state index contributed by atoms with van der Waals surface area (Å²) in [5, 5.41) is 8.01. The first-order valence-corrected chi connectivity index (χ1v) is 8.11. The Morgan fingerprint density at radius 1 is 1.20 bits per heavy atom. The largest absolute Gasteiger partial charge is 0.378 e. The highest BCUT2D eigenvalue weighted by Crippen LogP contribution is 2.22. The molecule has 0 aliphatic carbocycles. The van der Waals surface area contributed by atoms with Gasteiger partial charge in [-0.3, -0.25) is 4.79 Å². The Bertz CT molecular complexity index is 916. The smallest absolute Gasteiger partial charge is 0.222 e. The second-order valence-electron chi connectivity index (χ2n) is 5.84. The van der Waals surface area contributed by atoms with E-state index in [9.17, 15) is 4.79 Å². The second kappa shape index (κ2) is 6.48. The number of amides is 1. The number of ether oxygens (including phenoxy) is 1. The fraction of sp³-hybridized carbons (Fsp3) is 0.294. The summed E-state index contributed by atoms with van der Waals surface area (Å²) in [4.78, 5) is 22.2. The van der Waals surface area contributed by atoms with E-state index in [0.29, 0.717) is 5.82 Å². The Morgan fingerprint density at radius 3 is 2.84 bits per heavy atom. The Hall–Kier alpha value is -3.00. The fourth-order valence-corrected chi connectivity index (χ4v) is 2.89. The van der Waals surface area contributed by atoms with Crippen molar-refractivity contribution in [1.29, 1.82) is 0 Å². The number of pyridine rings is 2. The molecule has 25 heavy (non-hydrogen) atoms. The number of nitrogens with one attached hydrogen (secondary N) is 1. The summed E-state index contributed by atoms with van der Waals surface area (Å²) in [5.41, 5.74) is 1.93. The van der Waals surface area contributed by atoms with Crippen molar-refractivity contribution in [2.24, 2.45) is 0 Å². The number of carbonyl (C=O) groups excluding carboxylic acids is 1. The summed E-state index contributed by atoms with van der Waals surface area (Å²) in [7, 11) is 0. The fourth-order valence-electron chi connectivity index (χ4n) is 2.89. The highest BCUT2D eigenvalue weighted by molar-refractivity contribution is 5.90. The van der Waals surface area contributed by atoms with Crippen LogP contribution in [0.3, 0.4) is 0 Å². The molecular weight excluding hydrogens is 320 g/mol. The van der Waals surface area contributed by atoms with Crippen molar-refractivity contribution in [3.05, 3.63) is 36.8 Å². The Balaban J connectivity index is 1.72. The molecule has 128 valence electrons. The topological polar surface area (TPSA) is 85.2 Å². The van der Waals surface area contributed by atoms with Gasteiger partial charge in [0.2, 0.25) is 5.91 Å². The summed E-state index contributed by atoms with van der Waals surface area (Å²) in [6, 6.07) is 5.80. The van der Waals surface area contributed by atoms with Gasteiger partial charge in [0.15, 0.2) is 5.82 Å². The number of fused-ring (bicyclic) bond motifs is 1. The number of nitrogens with zero attached hydrogens (tertiary/aromatic N) is 5. The van der Waals surface area contributed by atoms with Crippen molar-refractivity contribution in [2.45, 2.75) is 6.92 Å². The third-order valence-electron chi connectivity index (χ3n) is 4.08. The minimum atomic E-state index is -0.162. The molecule has 1 fully saturated rings. The van der Waals surface area contributed by atoms with Crippen LogP contribution in [0.5, 0.6) is 0 Å². The standard InChI is InChI=1S/C17H18N6O2/c1-12(24)21-16-9-15-13(10-19-16)11-20-23(15)17-8-14(2-3-18-17)22-4-6-25-7-5-22/h2-3,8-11H,4-7H2,1H3,(H,19,21,24). The van der Waals surface area contributed by atoms with Crippen LogP contribution in [0.1, 0.15) is 6.92 Å². The van der Waals surface area contributed by atoms with E-state index < -0.39 is 0 Å². The van der Waals surface area contributed by atoms with Crippen molar-refractivity contribution in [3.63, 3.8) is 0 Å². The van der Waals surface area contributed by atoms with Gasteiger partial charge in [-0.2, -0.15) is 5.10 Å². The monoisotopic (exact) mass is 338 g/mol. The van der Waals surface area contributed by atoms with E-state index >= 15 is 0 Å². The lowest BCUT2D eigenvalue weighted by Crippen LogP contribution is -2.36. The summed E-state index contributed by atoms with van der Waals surface area (Å²) < 4.78 is 7.17. The average molecular weight is 338 g/mol. The number of hydrogen-bond acceptors (Lipinski definition) is 6. The summed E-state index contributed by atoms with van der Waals surface area (Å²) in [6.45, 7) is 4.64. The molecule has 1 N–H and O–H groups in total. The molecule has 1 aliphatic heterocycles. The summed E-state index contributed by atoms with van der Waals surface area (Å²) in [6.07, 6.45) is 5.21. The van der Waals surface area contributed by atoms with Crippen molar-refractivity contribution >= 4 is 28.3 Å². The van der Waals surface area contributed by atoms with Gasteiger partial charge >= 0.3 is 0 Å². The zero-order valence-electron chi connectivity index (χ0n) is 13.8. The molecule has 3 aromatic rings. The van der Waals surface area contributed by atoms with Gasteiger partial charge < -0.3 is 15.0 Å². The van der Waals surface area contributed by atoms with Crippen LogP contribution in [0.15, 0.2) is 36.8 Å². The molecule has 0 unspecified atom stereocenters. The van der Waals surface area contributed by atoms with E-state index in [0.717, 1.165) is 48.7 Å². The number of anilines is 2. The van der Waals surface area contributed by atoms with E-state index in [1.54, 1.807) is 29.3 Å². The maximum Gasteiger partial charge on any atom is 0.222 e. The predicted octanol–water partition coefficient (Wildman–Crippen LogP) is 1.61. The summed E-state index contributed by atoms with van der Waals surface area (Å²) in [5.74, 6) is 1.05. The van der Waals surface area contributed by atoms with E-state index in [1.807, 2.05) is 12.1 Å². The SMILES string of the molecule is CC(=O)Nc1cc2c(cn1)cnn2-c1cc(N2CCOCC2)ccn1. The molecule has 8 nitrogen and oxygen atoms in total. The molecule has 1 amide bonds. The van der Waals surface area contributed by atoms with Gasteiger partial charge in [0.1, 0.15) is 5.82 Å². The maximum atomic E-state index is 11.3. The van der Waals surface area contributed by atoms with Crippen LogP contribution < -0.4 is 10.2 Å². The predicted molar refractivity (Wildman–Crippen MR) is 94.0 cm³/mol. The Morgan fingerprint density at radius 2 is 2.04 bits per heavy atom. The third-order valence-corrected chi connectivity index (χ3v) is 4.08. The van der Waals surface area contributed by atoms with Gasteiger partial charge in [0, 0.05) is 55.6 Å². The number of hydrogen-bond donors (Lipinski definition) is 1. The first-order chi connectivity index (χ1) is 12.2. The van der Waals surface area contributed by atoms with Gasteiger partial charge in [-0.1, -0.05) is 0 Å². The van der Waals surface area contributed by atoms with Crippen LogP contribution in [0.25, 0.3) is 16.7 Å². The first-order valence-electron chi connectivity index (χ1n) is 8.11. The molecule has 0 aromatic carbocycles. The molecule has 3 aromatic heterocycles. The average Bonchev–Trinajstić information content (AvgIpc) is 3.05. The van der Waals surface area contributed by atoms with Crippen molar-refractivity contribution in [2.75, 3.05) is 36.5 Å². The van der Waals surface area contributed by atoms with Gasteiger partial charge in [0.25, 0.3) is 0 Å². The zero-order chi connectivity index (χ0) is 17.2. The Labute approximate surface area is 144 Å². The van der Waals surface area contributed by atoms with Crippen LogP contribution in [0, 0.1) is 0 Å². The van der Waals surface area contributed by atoms with Gasteiger partial charge in [-0.25, -0.2) is 14.6 Å². The van der Waals surface area contributed by atoms with E-state index in [1.165, 1.54) is 6.92 Å².